The molecule has 0 unspecified atom stereocenters. The van der Waals surface area contributed by atoms with E-state index in [0.717, 1.165) is 22.3 Å². The topological polar surface area (TPSA) is 72.5 Å². The summed E-state index contributed by atoms with van der Waals surface area (Å²) < 4.78 is 32.8. The lowest BCUT2D eigenvalue weighted by Gasteiger charge is -2.20. The van der Waals surface area contributed by atoms with Gasteiger partial charge < -0.3 is 28.4 Å². The Labute approximate surface area is 162 Å². The van der Waals surface area contributed by atoms with E-state index in [9.17, 15) is 4.79 Å². The molecule has 2 aromatic rings. The van der Waals surface area contributed by atoms with E-state index in [0.29, 0.717) is 40.7 Å². The molecule has 0 bridgehead atoms. The first-order chi connectivity index (χ1) is 13.6. The van der Waals surface area contributed by atoms with Gasteiger partial charge in [-0.2, -0.15) is 0 Å². The molecule has 0 spiro atoms. The van der Waals surface area contributed by atoms with Gasteiger partial charge in [0.05, 0.1) is 28.4 Å². The van der Waals surface area contributed by atoms with Gasteiger partial charge in [-0.15, -0.1) is 0 Å². The molecule has 4 rings (SSSR count). The van der Waals surface area contributed by atoms with Crippen LogP contribution in [0.3, 0.4) is 0 Å². The number of fused-ring (bicyclic) bond motifs is 4. The highest BCUT2D eigenvalue weighted by molar-refractivity contribution is 5.99. The summed E-state index contributed by atoms with van der Waals surface area (Å²) in [5.41, 5.74) is 3.81. The molecule has 7 nitrogen and oxygen atoms in total. The number of esters is 1. The number of hydrogen-bond acceptors (Lipinski definition) is 7. The third-order valence-electron chi connectivity index (χ3n) is 4.88. The Morgan fingerprint density at radius 2 is 1.64 bits per heavy atom. The van der Waals surface area contributed by atoms with Gasteiger partial charge in [0.25, 0.3) is 0 Å². The minimum atomic E-state index is -0.398. The molecule has 0 amide bonds. The zero-order valence-electron chi connectivity index (χ0n) is 16.1. The minimum absolute atomic E-state index is 0.154. The van der Waals surface area contributed by atoms with Crippen molar-refractivity contribution in [2.24, 2.45) is 0 Å². The van der Waals surface area contributed by atoms with E-state index in [4.69, 9.17) is 28.4 Å². The van der Waals surface area contributed by atoms with Gasteiger partial charge in [0.15, 0.2) is 23.0 Å². The first-order valence-electron chi connectivity index (χ1n) is 8.66. The molecule has 0 fully saturated rings. The molecular formula is C21H20O7. The van der Waals surface area contributed by atoms with Crippen molar-refractivity contribution >= 4 is 12.0 Å². The van der Waals surface area contributed by atoms with Gasteiger partial charge in [0, 0.05) is 17.6 Å². The molecule has 0 aromatic heterocycles. The van der Waals surface area contributed by atoms with Gasteiger partial charge in [-0.05, 0) is 41.0 Å². The molecule has 0 radical (unpaired) electrons. The van der Waals surface area contributed by atoms with Crippen molar-refractivity contribution in [1.82, 2.24) is 0 Å². The average Bonchev–Trinajstić information content (AvgIpc) is 3.11. The summed E-state index contributed by atoms with van der Waals surface area (Å²) in [5, 5.41) is 0. The van der Waals surface area contributed by atoms with Crippen molar-refractivity contribution in [1.29, 1.82) is 0 Å². The van der Waals surface area contributed by atoms with Crippen LogP contribution in [0.4, 0.5) is 0 Å². The molecule has 0 N–H and O–H groups in total. The molecule has 1 aliphatic carbocycles. The summed E-state index contributed by atoms with van der Waals surface area (Å²) in [6.45, 7) is 0.154. The molecule has 0 saturated heterocycles. The van der Waals surface area contributed by atoms with Crippen LogP contribution in [-0.4, -0.2) is 41.2 Å². The molecule has 0 saturated carbocycles. The fourth-order valence-electron chi connectivity index (χ4n) is 3.64. The summed E-state index contributed by atoms with van der Waals surface area (Å²) in [6, 6.07) is 5.60. The Kier molecular flexibility index (Phi) is 4.50. The predicted molar refractivity (Wildman–Crippen MR) is 101 cm³/mol. The van der Waals surface area contributed by atoms with Crippen LogP contribution in [0.25, 0.3) is 17.2 Å². The first-order valence-corrected chi connectivity index (χ1v) is 8.66. The standard InChI is InChI=1S/C21H20O7/c1-23-17-8-12-6-13(21(22)26-4)5-11-7-15-16(28-10-27-15)9-14(11)18(12)20(25-3)19(17)24-2/h5,7-9H,6,10H2,1-4H3. The average molecular weight is 384 g/mol. The number of carbonyl (C=O) groups excluding carboxylic acids is 1. The highest BCUT2D eigenvalue weighted by Gasteiger charge is 2.29. The quantitative estimate of drug-likeness (QED) is 0.750. The smallest absolute Gasteiger partial charge is 0.334 e. The number of ether oxygens (including phenoxy) is 6. The zero-order valence-corrected chi connectivity index (χ0v) is 16.1. The van der Waals surface area contributed by atoms with Crippen LogP contribution in [0.5, 0.6) is 28.7 Å². The maximum Gasteiger partial charge on any atom is 0.334 e. The largest absolute Gasteiger partial charge is 0.493 e. The molecule has 2 aliphatic rings. The predicted octanol–water partition coefficient (Wildman–Crippen LogP) is 3.22. The van der Waals surface area contributed by atoms with Crippen LogP contribution in [0.2, 0.25) is 0 Å². The van der Waals surface area contributed by atoms with Gasteiger partial charge in [0.2, 0.25) is 12.5 Å². The molecule has 146 valence electrons. The van der Waals surface area contributed by atoms with Crippen molar-refractivity contribution in [2.75, 3.05) is 35.2 Å². The summed E-state index contributed by atoms with van der Waals surface area (Å²) in [4.78, 5) is 12.4. The molecular weight excluding hydrogens is 364 g/mol. The van der Waals surface area contributed by atoms with Gasteiger partial charge in [-0.1, -0.05) is 0 Å². The van der Waals surface area contributed by atoms with Gasteiger partial charge in [0.1, 0.15) is 0 Å². The van der Waals surface area contributed by atoms with E-state index >= 15 is 0 Å². The first kappa shape index (κ1) is 18.0. The third-order valence-corrected chi connectivity index (χ3v) is 4.88. The molecule has 1 heterocycles. The lowest BCUT2D eigenvalue weighted by atomic mass is 9.93. The van der Waals surface area contributed by atoms with E-state index in [1.807, 2.05) is 24.3 Å². The van der Waals surface area contributed by atoms with Crippen LogP contribution in [0.15, 0.2) is 23.8 Å². The zero-order chi connectivity index (χ0) is 19.8. The molecule has 0 atom stereocenters. The number of methoxy groups -OCH3 is 4. The Bertz CT molecular complexity index is 991. The van der Waals surface area contributed by atoms with Crippen LogP contribution in [0, 0.1) is 0 Å². The van der Waals surface area contributed by atoms with Crippen molar-refractivity contribution in [2.45, 2.75) is 6.42 Å². The van der Waals surface area contributed by atoms with E-state index in [1.165, 1.54) is 7.11 Å². The fraction of sp³-hybridized carbons (Fsp3) is 0.286. The highest BCUT2D eigenvalue weighted by Crippen LogP contribution is 2.51. The number of benzene rings is 2. The van der Waals surface area contributed by atoms with Crippen molar-refractivity contribution < 1.29 is 33.2 Å². The lowest BCUT2D eigenvalue weighted by molar-refractivity contribution is -0.136. The summed E-state index contributed by atoms with van der Waals surface area (Å²) in [6.07, 6.45) is 2.15. The lowest BCUT2D eigenvalue weighted by Crippen LogP contribution is -2.07. The van der Waals surface area contributed by atoms with E-state index < -0.39 is 5.97 Å². The second-order valence-electron chi connectivity index (χ2n) is 6.31. The van der Waals surface area contributed by atoms with E-state index in [-0.39, 0.29) is 6.79 Å². The molecule has 28 heavy (non-hydrogen) atoms. The number of hydrogen-bond donors (Lipinski definition) is 0. The summed E-state index contributed by atoms with van der Waals surface area (Å²) in [5.74, 6) is 2.39. The van der Waals surface area contributed by atoms with Crippen molar-refractivity contribution in [3.8, 4) is 39.9 Å². The summed E-state index contributed by atoms with van der Waals surface area (Å²) >= 11 is 0. The van der Waals surface area contributed by atoms with Crippen LogP contribution in [-0.2, 0) is 16.0 Å². The van der Waals surface area contributed by atoms with Crippen LogP contribution in [0.1, 0.15) is 11.1 Å². The Balaban J connectivity index is 2.06. The Hall–Kier alpha value is -3.35. The van der Waals surface area contributed by atoms with Crippen molar-refractivity contribution in [3.63, 3.8) is 0 Å². The van der Waals surface area contributed by atoms with Crippen LogP contribution >= 0.6 is 0 Å². The maximum absolute atomic E-state index is 12.4. The van der Waals surface area contributed by atoms with Gasteiger partial charge in [-0.25, -0.2) is 4.79 Å². The van der Waals surface area contributed by atoms with E-state index in [2.05, 4.69) is 0 Å². The molecule has 2 aromatic carbocycles. The number of rotatable bonds is 4. The van der Waals surface area contributed by atoms with Gasteiger partial charge in [-0.3, -0.25) is 0 Å². The summed E-state index contributed by atoms with van der Waals surface area (Å²) in [7, 11) is 6.06. The van der Waals surface area contributed by atoms with E-state index in [1.54, 1.807) is 21.3 Å². The maximum atomic E-state index is 12.4. The molecule has 7 heteroatoms. The molecule has 1 aliphatic heterocycles. The fourth-order valence-corrected chi connectivity index (χ4v) is 3.64. The van der Waals surface area contributed by atoms with Crippen LogP contribution < -0.4 is 23.7 Å². The Morgan fingerprint density at radius 1 is 0.929 bits per heavy atom. The SMILES string of the molecule is COC(=O)C1=Cc2cc3c(cc2-c2c(cc(OC)c(OC)c2OC)C1)OCO3. The van der Waals surface area contributed by atoms with Gasteiger partial charge >= 0.3 is 5.97 Å². The van der Waals surface area contributed by atoms with Crippen molar-refractivity contribution in [3.05, 3.63) is 34.9 Å². The number of carbonyl (C=O) groups is 1. The minimum Gasteiger partial charge on any atom is -0.493 e. The third kappa shape index (κ3) is 2.70. The Morgan fingerprint density at radius 3 is 2.29 bits per heavy atom. The second-order valence-corrected chi connectivity index (χ2v) is 6.31. The monoisotopic (exact) mass is 384 g/mol. The second kappa shape index (κ2) is 6.99. The highest BCUT2D eigenvalue weighted by atomic mass is 16.7. The normalized spacial score (nSPS) is 13.6.